The van der Waals surface area contributed by atoms with Gasteiger partial charge in [-0.3, -0.25) is 9.59 Å². The molecule has 10 heteroatoms. The Morgan fingerprint density at radius 2 is 1.89 bits per heavy atom. The average molecular weight is 513 g/mol. The molecule has 0 radical (unpaired) electrons. The first-order valence-electron chi connectivity index (χ1n) is 12.5. The largest absolute Gasteiger partial charge is 0.490 e. The zero-order valence-corrected chi connectivity index (χ0v) is 21.3. The van der Waals surface area contributed by atoms with Gasteiger partial charge in [-0.25, -0.2) is 9.18 Å². The molecule has 3 N–H and O–H groups in total. The Morgan fingerprint density at radius 3 is 2.62 bits per heavy atom. The van der Waals surface area contributed by atoms with Crippen molar-refractivity contribution in [1.29, 1.82) is 0 Å². The van der Waals surface area contributed by atoms with Gasteiger partial charge in [0.05, 0.1) is 24.1 Å². The van der Waals surface area contributed by atoms with Crippen molar-refractivity contribution >= 4 is 23.5 Å². The number of urea groups is 1. The van der Waals surface area contributed by atoms with E-state index in [0.717, 1.165) is 5.56 Å². The zero-order chi connectivity index (χ0) is 26.5. The predicted molar refractivity (Wildman–Crippen MR) is 136 cm³/mol. The molecule has 4 amide bonds. The van der Waals surface area contributed by atoms with Crippen LogP contribution >= 0.6 is 0 Å². The maximum absolute atomic E-state index is 13.3. The summed E-state index contributed by atoms with van der Waals surface area (Å²) in [5.41, 5.74) is 1.67. The van der Waals surface area contributed by atoms with Crippen molar-refractivity contribution in [3.8, 4) is 5.75 Å². The van der Waals surface area contributed by atoms with E-state index in [-0.39, 0.29) is 61.0 Å². The lowest BCUT2D eigenvalue weighted by molar-refractivity contribution is -0.134. The van der Waals surface area contributed by atoms with Crippen molar-refractivity contribution in [3.05, 3.63) is 59.4 Å². The number of fused-ring (bicyclic) bond motifs is 2. The summed E-state index contributed by atoms with van der Waals surface area (Å²) in [6.45, 7) is 4.26. The van der Waals surface area contributed by atoms with Crippen molar-refractivity contribution in [1.82, 2.24) is 15.5 Å². The van der Waals surface area contributed by atoms with Crippen LogP contribution < -0.4 is 20.7 Å². The first-order chi connectivity index (χ1) is 17.7. The highest BCUT2D eigenvalue weighted by atomic mass is 19.1. The van der Waals surface area contributed by atoms with Crippen LogP contribution in [0.2, 0.25) is 0 Å². The smallest absolute Gasteiger partial charge is 0.319 e. The summed E-state index contributed by atoms with van der Waals surface area (Å²) in [5.74, 6) is -0.292. The van der Waals surface area contributed by atoms with Gasteiger partial charge in [0.1, 0.15) is 24.3 Å². The molecule has 0 aromatic heterocycles. The molecule has 0 bridgehead atoms. The molecule has 3 atom stereocenters. The van der Waals surface area contributed by atoms with Crippen molar-refractivity contribution < 1.29 is 28.2 Å². The molecule has 0 aliphatic carbocycles. The average Bonchev–Trinajstić information content (AvgIpc) is 2.85. The second kappa shape index (κ2) is 11.6. The van der Waals surface area contributed by atoms with Gasteiger partial charge in [0.15, 0.2) is 0 Å². The Hall–Kier alpha value is -3.66. The number of anilines is 1. The van der Waals surface area contributed by atoms with E-state index in [4.69, 9.17) is 9.47 Å². The van der Waals surface area contributed by atoms with Gasteiger partial charge in [0.2, 0.25) is 5.91 Å². The maximum atomic E-state index is 13.3. The third-order valence-electron chi connectivity index (χ3n) is 6.51. The molecule has 0 spiro atoms. The minimum Gasteiger partial charge on any atom is -0.490 e. The second-order valence-electron chi connectivity index (χ2n) is 9.74. The lowest BCUT2D eigenvalue weighted by Gasteiger charge is -2.42. The second-order valence-corrected chi connectivity index (χ2v) is 9.74. The van der Waals surface area contributed by atoms with E-state index in [1.807, 2.05) is 13.8 Å². The molecule has 9 nitrogen and oxygen atoms in total. The molecule has 2 aromatic rings. The number of nitrogens with zero attached hydrogens (tertiary/aromatic N) is 1. The molecular formula is C27H33FN4O5. The SMILES string of the molecule is CC(C)NC(=O)Nc1ccc2c(c1)C(=O)N(C)[C@H]1CC[C@@H](CC(=O)NCc3ccc(F)cc3)O[C@H]1CO2. The van der Waals surface area contributed by atoms with E-state index < -0.39 is 0 Å². The van der Waals surface area contributed by atoms with E-state index in [9.17, 15) is 18.8 Å². The number of nitrogens with one attached hydrogen (secondary N) is 3. The van der Waals surface area contributed by atoms with Crippen LogP contribution in [0.5, 0.6) is 5.75 Å². The van der Waals surface area contributed by atoms with Crippen LogP contribution in [-0.2, 0) is 16.1 Å². The van der Waals surface area contributed by atoms with Crippen molar-refractivity contribution in [2.75, 3.05) is 19.0 Å². The molecule has 4 rings (SSSR count). The number of hydrogen-bond donors (Lipinski definition) is 3. The highest BCUT2D eigenvalue weighted by Crippen LogP contribution is 2.32. The summed E-state index contributed by atoms with van der Waals surface area (Å²) in [4.78, 5) is 39.6. The molecule has 1 saturated heterocycles. The van der Waals surface area contributed by atoms with Crippen molar-refractivity contribution in [2.24, 2.45) is 0 Å². The number of halogens is 1. The molecule has 2 aliphatic heterocycles. The van der Waals surface area contributed by atoms with Gasteiger partial charge in [-0.2, -0.15) is 0 Å². The van der Waals surface area contributed by atoms with E-state index in [2.05, 4.69) is 16.0 Å². The minimum absolute atomic E-state index is 0.0200. The van der Waals surface area contributed by atoms with E-state index in [1.54, 1.807) is 42.3 Å². The molecular weight excluding hydrogens is 479 g/mol. The first kappa shape index (κ1) is 26.4. The highest BCUT2D eigenvalue weighted by Gasteiger charge is 2.39. The first-order valence-corrected chi connectivity index (χ1v) is 12.5. The monoisotopic (exact) mass is 512 g/mol. The third kappa shape index (κ3) is 6.76. The topological polar surface area (TPSA) is 109 Å². The highest BCUT2D eigenvalue weighted by molar-refractivity contribution is 5.99. The van der Waals surface area contributed by atoms with Gasteiger partial charge in [0.25, 0.3) is 5.91 Å². The third-order valence-corrected chi connectivity index (χ3v) is 6.51. The van der Waals surface area contributed by atoms with Gasteiger partial charge in [-0.05, 0) is 62.6 Å². The molecule has 0 saturated carbocycles. The summed E-state index contributed by atoms with van der Waals surface area (Å²) < 4.78 is 25.3. The molecule has 1 fully saturated rings. The molecule has 2 aromatic carbocycles. The van der Waals surface area contributed by atoms with E-state index in [1.165, 1.54) is 12.1 Å². The summed E-state index contributed by atoms with van der Waals surface area (Å²) in [6.07, 6.45) is 0.779. The van der Waals surface area contributed by atoms with Gasteiger partial charge in [-0.1, -0.05) is 12.1 Å². The van der Waals surface area contributed by atoms with Crippen LogP contribution in [0.4, 0.5) is 14.9 Å². The Bertz CT molecular complexity index is 1140. The molecule has 2 aliphatic rings. The number of hydrogen-bond acceptors (Lipinski definition) is 5. The van der Waals surface area contributed by atoms with Gasteiger partial charge in [0, 0.05) is 25.3 Å². The van der Waals surface area contributed by atoms with Crippen LogP contribution in [0.3, 0.4) is 0 Å². The Kier molecular flexibility index (Phi) is 8.27. The van der Waals surface area contributed by atoms with Crippen LogP contribution in [0, 0.1) is 5.82 Å². The fourth-order valence-corrected chi connectivity index (χ4v) is 4.62. The summed E-state index contributed by atoms with van der Waals surface area (Å²) in [5, 5.41) is 8.34. The number of ether oxygens (including phenoxy) is 2. The van der Waals surface area contributed by atoms with Gasteiger partial charge >= 0.3 is 6.03 Å². The Labute approximate surface area is 215 Å². The summed E-state index contributed by atoms with van der Waals surface area (Å²) in [7, 11) is 1.74. The zero-order valence-electron chi connectivity index (χ0n) is 21.3. The predicted octanol–water partition coefficient (Wildman–Crippen LogP) is 3.44. The fraction of sp³-hybridized carbons (Fsp3) is 0.444. The quantitative estimate of drug-likeness (QED) is 0.550. The van der Waals surface area contributed by atoms with Crippen LogP contribution in [-0.4, -0.2) is 60.7 Å². The number of carbonyl (C=O) groups excluding carboxylic acids is 3. The van der Waals surface area contributed by atoms with Gasteiger partial charge in [-0.15, -0.1) is 0 Å². The van der Waals surface area contributed by atoms with Gasteiger partial charge < -0.3 is 30.3 Å². The normalized spacial score (nSPS) is 21.2. The van der Waals surface area contributed by atoms with E-state index in [0.29, 0.717) is 36.4 Å². The number of carbonyl (C=O) groups is 3. The lowest BCUT2D eigenvalue weighted by atomic mass is 9.94. The number of benzene rings is 2. The lowest BCUT2D eigenvalue weighted by Crippen LogP contribution is -2.53. The minimum atomic E-state index is -0.389. The maximum Gasteiger partial charge on any atom is 0.319 e. The van der Waals surface area contributed by atoms with Crippen molar-refractivity contribution in [3.63, 3.8) is 0 Å². The number of rotatable bonds is 6. The molecule has 0 unspecified atom stereocenters. The summed E-state index contributed by atoms with van der Waals surface area (Å²) in [6, 6.07) is 10.4. The number of amides is 4. The van der Waals surface area contributed by atoms with Crippen molar-refractivity contribution in [2.45, 2.75) is 63.9 Å². The number of likely N-dealkylation sites (N-methyl/N-ethyl adjacent to an activating group) is 1. The van der Waals surface area contributed by atoms with Crippen LogP contribution in [0.25, 0.3) is 0 Å². The summed E-state index contributed by atoms with van der Waals surface area (Å²) >= 11 is 0. The van der Waals surface area contributed by atoms with Crippen LogP contribution in [0.1, 0.15) is 49.0 Å². The Morgan fingerprint density at radius 1 is 1.14 bits per heavy atom. The standard InChI is InChI=1S/C27H33FN4O5/c1-16(2)30-27(35)31-19-8-11-23-21(12-19)26(34)32(3)22-10-9-20(37-24(22)15-36-23)13-25(33)29-14-17-4-6-18(28)7-5-17/h4-8,11-12,16,20,22,24H,9-10,13-15H2,1-3H3,(H,29,33)(H2,30,31,35)/t20-,22-,24-/m0/s1. The van der Waals surface area contributed by atoms with E-state index >= 15 is 0 Å². The molecule has 37 heavy (non-hydrogen) atoms. The molecule has 198 valence electrons. The fourth-order valence-electron chi connectivity index (χ4n) is 4.62. The Balaban J connectivity index is 1.37. The molecule has 2 heterocycles. The van der Waals surface area contributed by atoms with Crippen LogP contribution in [0.15, 0.2) is 42.5 Å².